The highest BCUT2D eigenvalue weighted by atomic mass is 16.5. The van der Waals surface area contributed by atoms with Crippen LogP contribution >= 0.6 is 0 Å². The summed E-state index contributed by atoms with van der Waals surface area (Å²) in [7, 11) is 7.33. The van der Waals surface area contributed by atoms with Gasteiger partial charge in [0.15, 0.2) is 11.5 Å². The first-order valence-electron chi connectivity index (χ1n) is 11.3. The van der Waals surface area contributed by atoms with Crippen LogP contribution < -0.4 is 9.47 Å². The molecule has 0 saturated carbocycles. The zero-order valence-corrected chi connectivity index (χ0v) is 20.0. The molecule has 0 aliphatic heterocycles. The van der Waals surface area contributed by atoms with E-state index in [0.29, 0.717) is 24.5 Å². The normalized spacial score (nSPS) is 11.0. The Labute approximate surface area is 197 Å². The summed E-state index contributed by atoms with van der Waals surface area (Å²) in [6.45, 7) is 1.58. The maximum Gasteiger partial charge on any atom is 0.227 e. The van der Waals surface area contributed by atoms with Crippen LogP contribution in [-0.4, -0.2) is 57.1 Å². The van der Waals surface area contributed by atoms with Crippen LogP contribution in [0.1, 0.15) is 29.2 Å². The van der Waals surface area contributed by atoms with E-state index in [4.69, 9.17) is 9.47 Å². The monoisotopic (exact) mass is 446 g/mol. The summed E-state index contributed by atoms with van der Waals surface area (Å²) in [5.74, 6) is 1.37. The highest BCUT2D eigenvalue weighted by Crippen LogP contribution is 2.31. The van der Waals surface area contributed by atoms with Crippen molar-refractivity contribution in [1.82, 2.24) is 9.80 Å². The van der Waals surface area contributed by atoms with Crippen LogP contribution in [-0.2, 0) is 11.2 Å². The van der Waals surface area contributed by atoms with Gasteiger partial charge in [0, 0.05) is 6.54 Å². The molecule has 0 saturated heterocycles. The van der Waals surface area contributed by atoms with E-state index in [1.807, 2.05) is 59.5 Å². The molecule has 3 aromatic rings. The fraction of sp³-hybridized carbons (Fsp3) is 0.321. The zero-order valence-electron chi connectivity index (χ0n) is 20.0. The van der Waals surface area contributed by atoms with Crippen molar-refractivity contribution in [3.8, 4) is 11.5 Å². The third-order valence-electron chi connectivity index (χ3n) is 5.67. The van der Waals surface area contributed by atoms with Crippen LogP contribution in [0.5, 0.6) is 11.5 Å². The number of hydrogen-bond donors (Lipinski definition) is 0. The van der Waals surface area contributed by atoms with Crippen LogP contribution in [0.15, 0.2) is 78.9 Å². The smallest absolute Gasteiger partial charge is 0.227 e. The molecule has 174 valence electrons. The minimum absolute atomic E-state index is 0.0821. The number of carbonyl (C=O) groups is 1. The van der Waals surface area contributed by atoms with Crippen molar-refractivity contribution >= 4 is 5.91 Å². The predicted molar refractivity (Wildman–Crippen MR) is 133 cm³/mol. The number of benzene rings is 3. The molecule has 33 heavy (non-hydrogen) atoms. The lowest BCUT2D eigenvalue weighted by molar-refractivity contribution is -0.132. The standard InChI is InChI=1S/C28H34N2O3/c1-29(2)18-11-19-30(27(31)21-22-16-17-25(32-3)26(20-22)33-4)28(23-12-7-5-8-13-23)24-14-9-6-10-15-24/h5-10,12-17,20,28H,11,18-19,21H2,1-4H3. The quantitative estimate of drug-likeness (QED) is 0.424. The van der Waals surface area contributed by atoms with Crippen molar-refractivity contribution in [2.45, 2.75) is 18.9 Å². The maximum atomic E-state index is 13.8. The molecule has 3 aromatic carbocycles. The second-order valence-electron chi connectivity index (χ2n) is 8.33. The number of hydrogen-bond acceptors (Lipinski definition) is 4. The highest BCUT2D eigenvalue weighted by molar-refractivity contribution is 5.80. The van der Waals surface area contributed by atoms with Gasteiger partial charge in [0.05, 0.1) is 26.7 Å². The topological polar surface area (TPSA) is 42.0 Å². The van der Waals surface area contributed by atoms with E-state index in [1.165, 1.54) is 0 Å². The molecule has 0 radical (unpaired) electrons. The van der Waals surface area contributed by atoms with Crippen molar-refractivity contribution < 1.29 is 14.3 Å². The fourth-order valence-electron chi connectivity index (χ4n) is 4.04. The van der Waals surface area contributed by atoms with E-state index in [9.17, 15) is 4.79 Å². The molecule has 0 unspecified atom stereocenters. The Bertz CT molecular complexity index is 967. The number of ether oxygens (including phenoxy) is 2. The fourth-order valence-corrected chi connectivity index (χ4v) is 4.04. The van der Waals surface area contributed by atoms with Gasteiger partial charge in [-0.25, -0.2) is 0 Å². The van der Waals surface area contributed by atoms with Crippen LogP contribution in [0.3, 0.4) is 0 Å². The number of methoxy groups -OCH3 is 2. The molecule has 0 N–H and O–H groups in total. The molecule has 0 aliphatic rings. The Morgan fingerprint density at radius 3 is 1.88 bits per heavy atom. The summed E-state index contributed by atoms with van der Waals surface area (Å²) in [6.07, 6.45) is 1.18. The van der Waals surface area contributed by atoms with Crippen molar-refractivity contribution in [2.75, 3.05) is 41.4 Å². The minimum atomic E-state index is -0.151. The number of rotatable bonds is 11. The highest BCUT2D eigenvalue weighted by Gasteiger charge is 2.26. The average Bonchev–Trinajstić information content (AvgIpc) is 2.84. The molecular formula is C28H34N2O3. The van der Waals surface area contributed by atoms with Gasteiger partial charge < -0.3 is 19.3 Å². The second kappa shape index (κ2) is 12.1. The van der Waals surface area contributed by atoms with E-state index in [0.717, 1.165) is 29.7 Å². The third-order valence-corrected chi connectivity index (χ3v) is 5.67. The first-order valence-corrected chi connectivity index (χ1v) is 11.3. The lowest BCUT2D eigenvalue weighted by Gasteiger charge is -2.33. The zero-order chi connectivity index (χ0) is 23.6. The van der Waals surface area contributed by atoms with Gasteiger partial charge in [-0.3, -0.25) is 4.79 Å². The van der Waals surface area contributed by atoms with Crippen LogP contribution in [0.4, 0.5) is 0 Å². The molecule has 1 amide bonds. The summed E-state index contributed by atoms with van der Waals surface area (Å²) in [5, 5.41) is 0. The van der Waals surface area contributed by atoms with Gasteiger partial charge >= 0.3 is 0 Å². The molecule has 0 heterocycles. The average molecular weight is 447 g/mol. The number of carbonyl (C=O) groups excluding carboxylic acids is 1. The molecule has 0 aromatic heterocycles. The largest absolute Gasteiger partial charge is 0.493 e. The lowest BCUT2D eigenvalue weighted by Crippen LogP contribution is -2.38. The van der Waals surface area contributed by atoms with Gasteiger partial charge in [-0.15, -0.1) is 0 Å². The predicted octanol–water partition coefficient (Wildman–Crippen LogP) is 4.82. The molecule has 5 heteroatoms. The van der Waals surface area contributed by atoms with Crippen molar-refractivity contribution in [2.24, 2.45) is 0 Å². The Hall–Kier alpha value is -3.31. The summed E-state index contributed by atoms with van der Waals surface area (Å²) in [6, 6.07) is 26.0. The van der Waals surface area contributed by atoms with E-state index in [1.54, 1.807) is 14.2 Å². The van der Waals surface area contributed by atoms with Crippen molar-refractivity contribution in [3.63, 3.8) is 0 Å². The van der Waals surface area contributed by atoms with Crippen LogP contribution in [0.2, 0.25) is 0 Å². The van der Waals surface area contributed by atoms with E-state index in [-0.39, 0.29) is 11.9 Å². The van der Waals surface area contributed by atoms with Crippen LogP contribution in [0, 0.1) is 0 Å². The molecule has 0 fully saturated rings. The summed E-state index contributed by atoms with van der Waals surface area (Å²) >= 11 is 0. The SMILES string of the molecule is COc1ccc(CC(=O)N(CCCN(C)C)C(c2ccccc2)c2ccccc2)cc1OC. The third kappa shape index (κ3) is 6.59. The van der Waals surface area contributed by atoms with E-state index < -0.39 is 0 Å². The molecule has 5 nitrogen and oxygen atoms in total. The lowest BCUT2D eigenvalue weighted by atomic mass is 9.96. The number of nitrogens with zero attached hydrogens (tertiary/aromatic N) is 2. The molecule has 0 bridgehead atoms. The van der Waals surface area contributed by atoms with E-state index in [2.05, 4.69) is 43.3 Å². The van der Waals surface area contributed by atoms with E-state index >= 15 is 0 Å². The van der Waals surface area contributed by atoms with Crippen LogP contribution in [0.25, 0.3) is 0 Å². The van der Waals surface area contributed by atoms with Gasteiger partial charge in [0.1, 0.15) is 0 Å². The van der Waals surface area contributed by atoms with Gasteiger partial charge in [0.2, 0.25) is 5.91 Å². The Balaban J connectivity index is 1.95. The molecule has 3 rings (SSSR count). The van der Waals surface area contributed by atoms with Gasteiger partial charge in [-0.05, 0) is 55.9 Å². The molecule has 0 atom stereocenters. The van der Waals surface area contributed by atoms with Crippen molar-refractivity contribution in [1.29, 1.82) is 0 Å². The number of amides is 1. The Morgan fingerprint density at radius 1 is 0.788 bits per heavy atom. The van der Waals surface area contributed by atoms with Crippen molar-refractivity contribution in [3.05, 3.63) is 95.6 Å². The van der Waals surface area contributed by atoms with Gasteiger partial charge in [-0.2, -0.15) is 0 Å². The first-order chi connectivity index (χ1) is 16.0. The molecule has 0 spiro atoms. The first kappa shape index (κ1) is 24.3. The minimum Gasteiger partial charge on any atom is -0.493 e. The molecule has 0 aliphatic carbocycles. The van der Waals surface area contributed by atoms with Gasteiger partial charge in [-0.1, -0.05) is 66.7 Å². The summed E-state index contributed by atoms with van der Waals surface area (Å²) in [5.41, 5.74) is 3.11. The maximum absolute atomic E-state index is 13.8. The Morgan fingerprint density at radius 2 is 1.36 bits per heavy atom. The second-order valence-corrected chi connectivity index (χ2v) is 8.33. The summed E-state index contributed by atoms with van der Waals surface area (Å²) in [4.78, 5) is 17.9. The van der Waals surface area contributed by atoms with Gasteiger partial charge in [0.25, 0.3) is 0 Å². The Kier molecular flexibility index (Phi) is 8.90. The molecular weight excluding hydrogens is 412 g/mol. The summed E-state index contributed by atoms with van der Waals surface area (Å²) < 4.78 is 10.8.